The Morgan fingerprint density at radius 3 is 2.23 bits per heavy atom. The zero-order valence-corrected chi connectivity index (χ0v) is 8.42. The normalized spacial score (nSPS) is 23.4. The number of rotatable bonds is 3. The largest absolute Gasteiger partial charge is 0.480 e. The molecule has 1 aliphatic rings. The Kier molecular flexibility index (Phi) is 2.96. The molecule has 0 spiro atoms. The first kappa shape index (κ1) is 10.5. The van der Waals surface area contributed by atoms with E-state index in [2.05, 4.69) is 0 Å². The highest BCUT2D eigenvalue weighted by Gasteiger charge is 2.45. The minimum Gasteiger partial charge on any atom is -0.480 e. The molecular formula is C10H19NO2. The van der Waals surface area contributed by atoms with Crippen molar-refractivity contribution in [2.75, 3.05) is 0 Å². The summed E-state index contributed by atoms with van der Waals surface area (Å²) in [5.41, 5.74) is 4.99. The zero-order valence-electron chi connectivity index (χ0n) is 8.42. The van der Waals surface area contributed by atoms with Gasteiger partial charge in [0.2, 0.25) is 0 Å². The molecule has 0 heterocycles. The maximum atomic E-state index is 11.1. The fraction of sp³-hybridized carbons (Fsp3) is 0.900. The van der Waals surface area contributed by atoms with Crippen LogP contribution in [-0.2, 0) is 4.79 Å². The summed E-state index contributed by atoms with van der Waals surface area (Å²) in [4.78, 5) is 11.1. The molecule has 0 radical (unpaired) electrons. The number of carboxylic acid groups (broad SMARTS) is 1. The molecule has 1 saturated carbocycles. The van der Waals surface area contributed by atoms with Crippen molar-refractivity contribution in [2.24, 2.45) is 17.6 Å². The summed E-state index contributed by atoms with van der Waals surface area (Å²) in [6.07, 6.45) is 4.20. The molecule has 1 aliphatic carbocycles. The van der Waals surface area contributed by atoms with E-state index < -0.39 is 11.5 Å². The predicted molar refractivity (Wildman–Crippen MR) is 51.4 cm³/mol. The van der Waals surface area contributed by atoms with E-state index in [1.54, 1.807) is 0 Å². The van der Waals surface area contributed by atoms with Gasteiger partial charge >= 0.3 is 5.97 Å². The van der Waals surface area contributed by atoms with Gasteiger partial charge in [0.1, 0.15) is 5.54 Å². The number of carboxylic acids is 1. The fourth-order valence-corrected chi connectivity index (χ4v) is 2.30. The van der Waals surface area contributed by atoms with Crippen molar-refractivity contribution in [3.8, 4) is 0 Å². The van der Waals surface area contributed by atoms with Gasteiger partial charge in [0.05, 0.1) is 0 Å². The van der Waals surface area contributed by atoms with Crippen molar-refractivity contribution >= 4 is 5.97 Å². The second-order valence-corrected chi connectivity index (χ2v) is 4.37. The van der Waals surface area contributed by atoms with Crippen LogP contribution in [-0.4, -0.2) is 16.6 Å². The molecular weight excluding hydrogens is 166 g/mol. The van der Waals surface area contributed by atoms with Crippen LogP contribution in [0.25, 0.3) is 0 Å². The van der Waals surface area contributed by atoms with E-state index in [4.69, 9.17) is 10.8 Å². The van der Waals surface area contributed by atoms with E-state index in [9.17, 15) is 4.79 Å². The Morgan fingerprint density at radius 1 is 1.46 bits per heavy atom. The average molecular weight is 185 g/mol. The van der Waals surface area contributed by atoms with Gasteiger partial charge in [0, 0.05) is 0 Å². The number of hydrogen-bond donors (Lipinski definition) is 2. The average Bonchev–Trinajstić information content (AvgIpc) is 2.54. The van der Waals surface area contributed by atoms with E-state index in [0.717, 1.165) is 25.7 Å². The molecule has 3 heteroatoms. The van der Waals surface area contributed by atoms with Crippen LogP contribution in [0, 0.1) is 11.8 Å². The van der Waals surface area contributed by atoms with E-state index in [-0.39, 0.29) is 11.8 Å². The molecule has 3 N–H and O–H groups in total. The SMILES string of the molecule is CC(C)[C@@](N)(C(=O)O)C1CCCC1. The summed E-state index contributed by atoms with van der Waals surface area (Å²) in [6, 6.07) is 0. The van der Waals surface area contributed by atoms with Crippen LogP contribution in [0.15, 0.2) is 0 Å². The van der Waals surface area contributed by atoms with E-state index in [1.807, 2.05) is 13.8 Å². The Labute approximate surface area is 79.3 Å². The van der Waals surface area contributed by atoms with Crippen LogP contribution >= 0.6 is 0 Å². The molecule has 3 nitrogen and oxygen atoms in total. The summed E-state index contributed by atoms with van der Waals surface area (Å²) in [5.74, 6) is -0.660. The van der Waals surface area contributed by atoms with Crippen LogP contribution in [0.1, 0.15) is 39.5 Å². The van der Waals surface area contributed by atoms with E-state index in [0.29, 0.717) is 0 Å². The van der Waals surface area contributed by atoms with Crippen molar-refractivity contribution in [1.29, 1.82) is 0 Å². The molecule has 0 aromatic carbocycles. The highest BCUT2D eigenvalue weighted by atomic mass is 16.4. The molecule has 0 unspecified atom stereocenters. The van der Waals surface area contributed by atoms with Gasteiger partial charge < -0.3 is 10.8 Å². The van der Waals surface area contributed by atoms with Gasteiger partial charge in [0.25, 0.3) is 0 Å². The summed E-state index contributed by atoms with van der Waals surface area (Å²) in [6.45, 7) is 3.79. The Bertz CT molecular complexity index is 197. The third kappa shape index (κ3) is 1.70. The molecule has 0 bridgehead atoms. The van der Waals surface area contributed by atoms with Crippen LogP contribution < -0.4 is 5.73 Å². The first-order valence-corrected chi connectivity index (χ1v) is 5.01. The van der Waals surface area contributed by atoms with Crippen LogP contribution in [0.4, 0.5) is 0 Å². The lowest BCUT2D eigenvalue weighted by Crippen LogP contribution is -2.57. The molecule has 0 saturated heterocycles. The Balaban J connectivity index is 2.82. The van der Waals surface area contributed by atoms with Gasteiger partial charge in [-0.1, -0.05) is 26.7 Å². The second-order valence-electron chi connectivity index (χ2n) is 4.37. The zero-order chi connectivity index (χ0) is 10.1. The van der Waals surface area contributed by atoms with Crippen LogP contribution in [0.3, 0.4) is 0 Å². The molecule has 0 aromatic heterocycles. The molecule has 76 valence electrons. The minimum absolute atomic E-state index is 0.00750. The standard InChI is InChI=1S/C10H19NO2/c1-7(2)10(11,9(12)13)8-5-3-4-6-8/h7-8H,3-6,11H2,1-2H3,(H,12,13)/t10-/m0/s1. The highest BCUT2D eigenvalue weighted by Crippen LogP contribution is 2.36. The molecule has 13 heavy (non-hydrogen) atoms. The molecule has 1 rings (SSSR count). The first-order valence-electron chi connectivity index (χ1n) is 5.01. The highest BCUT2D eigenvalue weighted by molar-refractivity contribution is 5.79. The first-order chi connectivity index (χ1) is 5.99. The van der Waals surface area contributed by atoms with Gasteiger partial charge in [-0.3, -0.25) is 4.79 Å². The van der Waals surface area contributed by atoms with E-state index >= 15 is 0 Å². The maximum absolute atomic E-state index is 11.1. The summed E-state index contributed by atoms with van der Waals surface area (Å²) < 4.78 is 0. The molecule has 1 atom stereocenters. The van der Waals surface area contributed by atoms with Gasteiger partial charge in [-0.05, 0) is 24.7 Å². The molecule has 0 aliphatic heterocycles. The third-order valence-electron chi connectivity index (χ3n) is 3.36. The van der Waals surface area contributed by atoms with Crippen molar-refractivity contribution < 1.29 is 9.90 Å². The Morgan fingerprint density at radius 2 is 1.92 bits per heavy atom. The van der Waals surface area contributed by atoms with Gasteiger partial charge in [-0.25, -0.2) is 0 Å². The second kappa shape index (κ2) is 3.66. The smallest absolute Gasteiger partial charge is 0.324 e. The number of nitrogens with two attached hydrogens (primary N) is 1. The van der Waals surface area contributed by atoms with Crippen molar-refractivity contribution in [3.63, 3.8) is 0 Å². The Hall–Kier alpha value is -0.570. The van der Waals surface area contributed by atoms with Crippen molar-refractivity contribution in [2.45, 2.75) is 45.1 Å². The number of carbonyl (C=O) groups is 1. The van der Waals surface area contributed by atoms with Crippen LogP contribution in [0.5, 0.6) is 0 Å². The molecule has 0 aromatic rings. The predicted octanol–water partition coefficient (Wildman–Crippen LogP) is 1.61. The van der Waals surface area contributed by atoms with Gasteiger partial charge in [-0.15, -0.1) is 0 Å². The number of hydrogen-bond acceptors (Lipinski definition) is 2. The summed E-state index contributed by atoms with van der Waals surface area (Å²) in [5, 5.41) is 9.14. The fourth-order valence-electron chi connectivity index (χ4n) is 2.30. The van der Waals surface area contributed by atoms with Crippen LogP contribution in [0.2, 0.25) is 0 Å². The van der Waals surface area contributed by atoms with Crippen molar-refractivity contribution in [1.82, 2.24) is 0 Å². The lowest BCUT2D eigenvalue weighted by atomic mass is 9.75. The monoisotopic (exact) mass is 185 g/mol. The molecule has 1 fully saturated rings. The van der Waals surface area contributed by atoms with Gasteiger partial charge in [-0.2, -0.15) is 0 Å². The third-order valence-corrected chi connectivity index (χ3v) is 3.36. The number of aliphatic carboxylic acids is 1. The van der Waals surface area contributed by atoms with Crippen molar-refractivity contribution in [3.05, 3.63) is 0 Å². The minimum atomic E-state index is -1.00. The lowest BCUT2D eigenvalue weighted by molar-refractivity contribution is -0.147. The molecule has 0 amide bonds. The van der Waals surface area contributed by atoms with E-state index in [1.165, 1.54) is 0 Å². The maximum Gasteiger partial charge on any atom is 0.324 e. The summed E-state index contributed by atoms with van der Waals surface area (Å²) in [7, 11) is 0. The van der Waals surface area contributed by atoms with Gasteiger partial charge in [0.15, 0.2) is 0 Å². The lowest BCUT2D eigenvalue weighted by Gasteiger charge is -2.34. The quantitative estimate of drug-likeness (QED) is 0.702. The topological polar surface area (TPSA) is 63.3 Å². The summed E-state index contributed by atoms with van der Waals surface area (Å²) >= 11 is 0.